The molecule has 0 saturated heterocycles. The molecule has 0 saturated carbocycles. The summed E-state index contributed by atoms with van der Waals surface area (Å²) >= 11 is 0. The van der Waals surface area contributed by atoms with Crippen molar-refractivity contribution in [3.05, 3.63) is 27.9 Å². The maximum absolute atomic E-state index is 11.0. The number of oxime groups is 1. The molecule has 0 radical (unpaired) electrons. The Morgan fingerprint density at radius 2 is 2.47 bits per heavy atom. The van der Waals surface area contributed by atoms with Gasteiger partial charge in [-0.05, 0) is 6.92 Å². The van der Waals surface area contributed by atoms with E-state index in [4.69, 9.17) is 15.7 Å². The highest BCUT2D eigenvalue weighted by Crippen LogP contribution is 2.22. The molecule has 1 unspecified atom stereocenters. The summed E-state index contributed by atoms with van der Waals surface area (Å²) in [5, 5.41) is 25.1. The van der Waals surface area contributed by atoms with Gasteiger partial charge in [0.1, 0.15) is 0 Å². The number of nitro groups is 1. The molecule has 0 amide bonds. The molecule has 9 nitrogen and oxygen atoms in total. The van der Waals surface area contributed by atoms with Gasteiger partial charge in [-0.25, -0.2) is 4.98 Å². The lowest BCUT2D eigenvalue weighted by Gasteiger charge is -2.11. The molecule has 0 bridgehead atoms. The number of methoxy groups -OCH3 is 1. The van der Waals surface area contributed by atoms with Gasteiger partial charge in [-0.2, -0.15) is 0 Å². The van der Waals surface area contributed by atoms with Crippen LogP contribution in [-0.4, -0.2) is 40.7 Å². The Kier molecular flexibility index (Phi) is 5.01. The van der Waals surface area contributed by atoms with E-state index in [1.807, 2.05) is 6.92 Å². The lowest BCUT2D eigenvalue weighted by atomic mass is 10.2. The standard InChI is InChI=1S/C10H15N5O4/c1-6(19-2)4-12-10-8(15(17)18)3-7(5-13-10)9(11)14-16/h3,5-6,16H,4H2,1-2H3,(H2,11,14)(H,12,13). The number of anilines is 1. The molecule has 9 heteroatoms. The SMILES string of the molecule is COC(C)CNc1ncc(C(N)=NO)cc1[N+](=O)[O-]. The average Bonchev–Trinajstić information content (AvgIpc) is 2.43. The minimum atomic E-state index is -0.596. The molecular formula is C10H15N5O4. The molecule has 0 aliphatic heterocycles. The van der Waals surface area contributed by atoms with Crippen LogP contribution in [-0.2, 0) is 4.74 Å². The van der Waals surface area contributed by atoms with Crippen LogP contribution in [0.5, 0.6) is 0 Å². The lowest BCUT2D eigenvalue weighted by molar-refractivity contribution is -0.384. The Morgan fingerprint density at radius 3 is 3.00 bits per heavy atom. The third-order valence-corrected chi connectivity index (χ3v) is 2.43. The summed E-state index contributed by atoms with van der Waals surface area (Å²) in [6.07, 6.45) is 1.16. The number of nitrogens with zero attached hydrogens (tertiary/aromatic N) is 3. The van der Waals surface area contributed by atoms with Crippen molar-refractivity contribution in [3.8, 4) is 0 Å². The van der Waals surface area contributed by atoms with Crippen LogP contribution >= 0.6 is 0 Å². The average molecular weight is 269 g/mol. The van der Waals surface area contributed by atoms with Crippen molar-refractivity contribution >= 4 is 17.3 Å². The molecular weight excluding hydrogens is 254 g/mol. The van der Waals surface area contributed by atoms with Gasteiger partial charge in [0.15, 0.2) is 5.84 Å². The molecule has 19 heavy (non-hydrogen) atoms. The van der Waals surface area contributed by atoms with Gasteiger partial charge in [-0.15, -0.1) is 0 Å². The third-order valence-electron chi connectivity index (χ3n) is 2.43. The van der Waals surface area contributed by atoms with Crippen LogP contribution in [0.15, 0.2) is 17.4 Å². The van der Waals surface area contributed by atoms with Crippen molar-refractivity contribution in [2.75, 3.05) is 19.0 Å². The molecule has 0 fully saturated rings. The van der Waals surface area contributed by atoms with Crippen LogP contribution < -0.4 is 11.1 Å². The number of rotatable bonds is 6. The first-order valence-electron chi connectivity index (χ1n) is 5.38. The second kappa shape index (κ2) is 6.50. The Morgan fingerprint density at radius 1 is 1.79 bits per heavy atom. The molecule has 1 rings (SSSR count). The van der Waals surface area contributed by atoms with E-state index < -0.39 is 4.92 Å². The largest absolute Gasteiger partial charge is 0.409 e. The van der Waals surface area contributed by atoms with E-state index in [1.54, 1.807) is 0 Å². The topological polar surface area (TPSA) is 136 Å². The van der Waals surface area contributed by atoms with Crippen LogP contribution in [0.25, 0.3) is 0 Å². The number of hydrogen-bond donors (Lipinski definition) is 3. The zero-order valence-corrected chi connectivity index (χ0v) is 10.5. The van der Waals surface area contributed by atoms with Crippen molar-refractivity contribution in [2.24, 2.45) is 10.9 Å². The fourth-order valence-corrected chi connectivity index (χ4v) is 1.25. The van der Waals surface area contributed by atoms with E-state index in [0.717, 1.165) is 0 Å². The second-order valence-electron chi connectivity index (χ2n) is 3.76. The highest BCUT2D eigenvalue weighted by Gasteiger charge is 2.18. The highest BCUT2D eigenvalue weighted by atomic mass is 16.6. The predicted octanol–water partition coefficient (Wildman–Crippen LogP) is 0.531. The zero-order valence-electron chi connectivity index (χ0n) is 10.5. The van der Waals surface area contributed by atoms with Crippen molar-refractivity contribution < 1.29 is 14.9 Å². The van der Waals surface area contributed by atoms with E-state index in [-0.39, 0.29) is 29.0 Å². The number of amidine groups is 1. The van der Waals surface area contributed by atoms with E-state index >= 15 is 0 Å². The molecule has 1 heterocycles. The van der Waals surface area contributed by atoms with Gasteiger partial charge in [-0.3, -0.25) is 10.1 Å². The van der Waals surface area contributed by atoms with Gasteiger partial charge >= 0.3 is 5.69 Å². The first kappa shape index (κ1) is 14.6. The van der Waals surface area contributed by atoms with Crippen molar-refractivity contribution in [1.29, 1.82) is 0 Å². The predicted molar refractivity (Wildman–Crippen MR) is 68.4 cm³/mol. The Bertz CT molecular complexity index is 491. The molecule has 0 aromatic carbocycles. The van der Waals surface area contributed by atoms with Crippen LogP contribution in [0, 0.1) is 10.1 Å². The number of pyridine rings is 1. The monoisotopic (exact) mass is 269 g/mol. The molecule has 1 aromatic rings. The van der Waals surface area contributed by atoms with Gasteiger partial charge in [-0.1, -0.05) is 5.16 Å². The third kappa shape index (κ3) is 3.78. The number of hydrogen-bond acceptors (Lipinski definition) is 7. The van der Waals surface area contributed by atoms with Crippen LogP contribution in [0.2, 0.25) is 0 Å². The molecule has 0 spiro atoms. The lowest BCUT2D eigenvalue weighted by Crippen LogP contribution is -2.20. The summed E-state index contributed by atoms with van der Waals surface area (Å²) in [5.41, 5.74) is 5.26. The number of nitrogens with one attached hydrogen (secondary N) is 1. The highest BCUT2D eigenvalue weighted by molar-refractivity contribution is 5.97. The Labute approximate surface area is 109 Å². The van der Waals surface area contributed by atoms with Gasteiger partial charge in [0.05, 0.1) is 11.0 Å². The van der Waals surface area contributed by atoms with Crippen molar-refractivity contribution in [3.63, 3.8) is 0 Å². The smallest absolute Gasteiger partial charge is 0.312 e. The fourth-order valence-electron chi connectivity index (χ4n) is 1.25. The molecule has 1 aromatic heterocycles. The van der Waals surface area contributed by atoms with Gasteiger partial charge in [0.2, 0.25) is 5.82 Å². The Hall–Kier alpha value is -2.42. The summed E-state index contributed by atoms with van der Waals surface area (Å²) in [4.78, 5) is 14.2. The fraction of sp³-hybridized carbons (Fsp3) is 0.400. The van der Waals surface area contributed by atoms with Gasteiger partial charge in [0.25, 0.3) is 0 Å². The summed E-state index contributed by atoms with van der Waals surface area (Å²) < 4.78 is 5.02. The normalized spacial score (nSPS) is 13.1. The summed E-state index contributed by atoms with van der Waals surface area (Å²) in [6, 6.07) is 1.18. The van der Waals surface area contributed by atoms with E-state index in [9.17, 15) is 10.1 Å². The maximum Gasteiger partial charge on any atom is 0.312 e. The van der Waals surface area contributed by atoms with E-state index in [2.05, 4.69) is 15.5 Å². The van der Waals surface area contributed by atoms with Crippen molar-refractivity contribution in [2.45, 2.75) is 13.0 Å². The van der Waals surface area contributed by atoms with Crippen LogP contribution in [0.3, 0.4) is 0 Å². The summed E-state index contributed by atoms with van der Waals surface area (Å²) in [7, 11) is 1.54. The quantitative estimate of drug-likeness (QED) is 0.225. The van der Waals surface area contributed by atoms with E-state index in [0.29, 0.717) is 6.54 Å². The van der Waals surface area contributed by atoms with Gasteiger partial charge in [0, 0.05) is 31.5 Å². The summed E-state index contributed by atoms with van der Waals surface area (Å²) in [6.45, 7) is 2.18. The van der Waals surface area contributed by atoms with Crippen LogP contribution in [0.1, 0.15) is 12.5 Å². The van der Waals surface area contributed by atoms with Gasteiger partial charge < -0.3 is 21.0 Å². The molecule has 1 atom stereocenters. The summed E-state index contributed by atoms with van der Waals surface area (Å²) in [5.74, 6) is -0.143. The zero-order chi connectivity index (χ0) is 14.4. The number of ether oxygens (including phenoxy) is 1. The molecule has 0 aliphatic rings. The molecule has 104 valence electrons. The minimum absolute atomic E-state index is 0.100. The number of aromatic nitrogens is 1. The maximum atomic E-state index is 11.0. The van der Waals surface area contributed by atoms with Crippen molar-refractivity contribution in [1.82, 2.24) is 4.98 Å². The first-order valence-corrected chi connectivity index (χ1v) is 5.38. The minimum Gasteiger partial charge on any atom is -0.409 e. The molecule has 0 aliphatic carbocycles. The molecule has 4 N–H and O–H groups in total. The first-order chi connectivity index (χ1) is 8.99. The number of nitrogens with two attached hydrogens (primary N) is 1. The second-order valence-corrected chi connectivity index (χ2v) is 3.76. The van der Waals surface area contributed by atoms with Crippen LogP contribution in [0.4, 0.5) is 11.5 Å². The Balaban J connectivity index is 3.02. The van der Waals surface area contributed by atoms with E-state index in [1.165, 1.54) is 19.4 Å².